The highest BCUT2D eigenvalue weighted by atomic mass is 32.2. The van der Waals surface area contributed by atoms with Crippen LogP contribution in [0.5, 0.6) is 0 Å². The number of nitrogens with zero attached hydrogens (tertiary/aromatic N) is 4. The Labute approximate surface area is 203 Å². The average molecular weight is 480 g/mol. The van der Waals surface area contributed by atoms with Crippen molar-refractivity contribution in [2.75, 3.05) is 13.1 Å². The van der Waals surface area contributed by atoms with E-state index in [2.05, 4.69) is 37.1 Å². The molecule has 2 aliphatic rings. The monoisotopic (exact) mass is 479 g/mol. The Bertz CT molecular complexity index is 1090. The van der Waals surface area contributed by atoms with E-state index in [4.69, 9.17) is 0 Å². The van der Waals surface area contributed by atoms with Gasteiger partial charge in [0.25, 0.3) is 0 Å². The Morgan fingerprint density at radius 1 is 1.00 bits per heavy atom. The highest BCUT2D eigenvalue weighted by Gasteiger charge is 2.31. The maximum Gasteiger partial charge on any atom is 0.238 e. The first kappa shape index (κ1) is 23.1. The molecule has 3 aromatic rings. The van der Waals surface area contributed by atoms with Crippen molar-refractivity contribution in [3.05, 3.63) is 77.4 Å². The molecule has 2 aromatic carbocycles. The van der Waals surface area contributed by atoms with Gasteiger partial charge in [-0.3, -0.25) is 9.69 Å². The fourth-order valence-electron chi connectivity index (χ4n) is 4.29. The lowest BCUT2D eigenvalue weighted by molar-refractivity contribution is -0.120. The predicted octanol–water partition coefficient (Wildman–Crippen LogP) is 4.56. The van der Waals surface area contributed by atoms with Crippen LogP contribution in [0.25, 0.3) is 0 Å². The molecule has 1 saturated heterocycles. The Morgan fingerprint density at radius 3 is 2.44 bits per heavy atom. The third-order valence-corrected chi connectivity index (χ3v) is 7.58. The molecule has 1 saturated carbocycles. The summed E-state index contributed by atoms with van der Waals surface area (Å²) in [7, 11) is 0. The summed E-state index contributed by atoms with van der Waals surface area (Å²) in [5.74, 6) is 0.533. The number of hydrogen-bond acceptors (Lipinski definition) is 5. The van der Waals surface area contributed by atoms with Crippen LogP contribution in [0, 0.1) is 5.82 Å². The molecule has 1 aliphatic heterocycles. The molecule has 1 aromatic heterocycles. The fraction of sp³-hybridized carbons (Fsp3) is 0.423. The van der Waals surface area contributed by atoms with Gasteiger partial charge in [-0.15, -0.1) is 10.2 Å². The molecule has 2 heterocycles. The van der Waals surface area contributed by atoms with Gasteiger partial charge in [-0.05, 0) is 62.0 Å². The molecule has 34 heavy (non-hydrogen) atoms. The van der Waals surface area contributed by atoms with Gasteiger partial charge in [0.2, 0.25) is 5.91 Å². The number of carbonyl (C=O) groups excluding carboxylic acids is 1. The average Bonchev–Trinajstić information content (AvgIpc) is 3.61. The highest BCUT2D eigenvalue weighted by Crippen LogP contribution is 2.36. The maximum atomic E-state index is 13.6. The Hall–Kier alpha value is -2.71. The van der Waals surface area contributed by atoms with Gasteiger partial charge in [-0.1, -0.05) is 60.6 Å². The summed E-state index contributed by atoms with van der Waals surface area (Å²) in [6.07, 6.45) is 5.72. The smallest absolute Gasteiger partial charge is 0.238 e. The first-order chi connectivity index (χ1) is 16.7. The molecule has 1 atom stereocenters. The maximum absolute atomic E-state index is 13.6. The van der Waals surface area contributed by atoms with E-state index >= 15 is 0 Å². The number of thioether (sulfide) groups is 1. The number of piperidine rings is 1. The number of nitrogens with one attached hydrogen (secondary N) is 1. The first-order valence-electron chi connectivity index (χ1n) is 12.1. The summed E-state index contributed by atoms with van der Waals surface area (Å²) in [4.78, 5) is 15.6. The van der Waals surface area contributed by atoms with E-state index in [1.807, 2.05) is 18.2 Å². The molecule has 2 fully saturated rings. The number of carbonyl (C=O) groups is 1. The zero-order valence-electron chi connectivity index (χ0n) is 19.2. The zero-order valence-corrected chi connectivity index (χ0v) is 20.0. The van der Waals surface area contributed by atoms with Crippen LogP contribution in [0.3, 0.4) is 0 Å². The van der Waals surface area contributed by atoms with E-state index in [-0.39, 0.29) is 17.8 Å². The second-order valence-electron chi connectivity index (χ2n) is 9.14. The summed E-state index contributed by atoms with van der Waals surface area (Å²) >= 11 is 1.39. The van der Waals surface area contributed by atoms with Crippen molar-refractivity contribution in [1.29, 1.82) is 0 Å². The minimum absolute atomic E-state index is 0.0639. The van der Waals surface area contributed by atoms with E-state index in [9.17, 15) is 9.18 Å². The molecule has 1 N–H and O–H groups in total. The van der Waals surface area contributed by atoms with E-state index in [1.165, 1.54) is 43.2 Å². The first-order valence-corrected chi connectivity index (χ1v) is 12.9. The molecular formula is C26H30FN5OS. The van der Waals surface area contributed by atoms with Crippen LogP contribution < -0.4 is 5.32 Å². The number of aromatic nitrogens is 3. The van der Waals surface area contributed by atoms with E-state index in [1.54, 1.807) is 12.1 Å². The third-order valence-electron chi connectivity index (χ3n) is 6.35. The molecular weight excluding hydrogens is 449 g/mol. The molecule has 0 radical (unpaired) electrons. The summed E-state index contributed by atoms with van der Waals surface area (Å²) in [6, 6.07) is 16.7. The molecule has 8 heteroatoms. The van der Waals surface area contributed by atoms with Crippen molar-refractivity contribution in [2.24, 2.45) is 0 Å². The fourth-order valence-corrected chi connectivity index (χ4v) is 5.35. The van der Waals surface area contributed by atoms with E-state index in [0.717, 1.165) is 49.4 Å². The molecule has 0 spiro atoms. The Kier molecular flexibility index (Phi) is 7.25. The van der Waals surface area contributed by atoms with E-state index in [0.29, 0.717) is 11.7 Å². The molecule has 5 rings (SSSR count). The zero-order chi connectivity index (χ0) is 23.3. The number of amides is 1. The lowest BCUT2D eigenvalue weighted by Gasteiger charge is -2.26. The van der Waals surface area contributed by atoms with Crippen molar-refractivity contribution in [1.82, 2.24) is 25.0 Å². The van der Waals surface area contributed by atoms with Gasteiger partial charge in [0.05, 0.1) is 13.1 Å². The summed E-state index contributed by atoms with van der Waals surface area (Å²) in [5, 5.41) is 12.4. The largest absolute Gasteiger partial charge is 0.352 e. The van der Waals surface area contributed by atoms with Crippen molar-refractivity contribution in [3.63, 3.8) is 0 Å². The molecule has 1 amide bonds. The van der Waals surface area contributed by atoms with Crippen molar-refractivity contribution >= 4 is 17.7 Å². The van der Waals surface area contributed by atoms with E-state index < -0.39 is 5.25 Å². The highest BCUT2D eigenvalue weighted by molar-refractivity contribution is 8.00. The van der Waals surface area contributed by atoms with Gasteiger partial charge in [-0.2, -0.15) is 0 Å². The number of hydrogen-bond donors (Lipinski definition) is 1. The Morgan fingerprint density at radius 2 is 1.74 bits per heavy atom. The molecule has 1 unspecified atom stereocenters. The minimum atomic E-state index is -0.525. The second kappa shape index (κ2) is 10.7. The van der Waals surface area contributed by atoms with Crippen LogP contribution in [0.1, 0.15) is 54.3 Å². The van der Waals surface area contributed by atoms with Gasteiger partial charge >= 0.3 is 0 Å². The van der Waals surface area contributed by atoms with Crippen molar-refractivity contribution < 1.29 is 9.18 Å². The minimum Gasteiger partial charge on any atom is -0.352 e. The molecule has 178 valence electrons. The van der Waals surface area contributed by atoms with Crippen molar-refractivity contribution in [2.45, 2.75) is 61.6 Å². The number of halogens is 1. The number of benzene rings is 2. The van der Waals surface area contributed by atoms with Crippen LogP contribution in [-0.2, 0) is 17.9 Å². The van der Waals surface area contributed by atoms with Gasteiger partial charge in [0.15, 0.2) is 5.16 Å². The van der Waals surface area contributed by atoms with Gasteiger partial charge < -0.3 is 9.88 Å². The second-order valence-corrected chi connectivity index (χ2v) is 10.2. The Balaban J connectivity index is 1.44. The van der Waals surface area contributed by atoms with Gasteiger partial charge in [-0.25, -0.2) is 4.39 Å². The van der Waals surface area contributed by atoms with Gasteiger partial charge in [0.1, 0.15) is 16.9 Å². The predicted molar refractivity (Wildman–Crippen MR) is 131 cm³/mol. The number of rotatable bonds is 9. The summed E-state index contributed by atoms with van der Waals surface area (Å²) in [5.41, 5.74) is 1.92. The van der Waals surface area contributed by atoms with Crippen molar-refractivity contribution in [3.8, 4) is 0 Å². The molecule has 0 bridgehead atoms. The van der Waals surface area contributed by atoms with Crippen LogP contribution in [0.15, 0.2) is 59.8 Å². The topological polar surface area (TPSA) is 63.1 Å². The van der Waals surface area contributed by atoms with Crippen LogP contribution in [-0.4, -0.2) is 44.7 Å². The number of likely N-dealkylation sites (tertiary alicyclic amines) is 1. The van der Waals surface area contributed by atoms with Gasteiger partial charge in [0, 0.05) is 6.04 Å². The lowest BCUT2D eigenvalue weighted by Crippen LogP contribution is -2.31. The standard InChI is InChI=1S/C26H30FN5OS/c27-21-11-9-20(10-12-21)24(25(33)28-22-13-14-22)34-26-30-29-23(18-31-15-5-2-6-16-31)32(26)17-19-7-3-1-4-8-19/h1,3-4,7-12,22,24H,2,5-6,13-18H2,(H,28,33). The summed E-state index contributed by atoms with van der Waals surface area (Å²) < 4.78 is 15.7. The van der Waals surface area contributed by atoms with Crippen LogP contribution in [0.2, 0.25) is 0 Å². The normalized spacial score (nSPS) is 17.4. The molecule has 6 nitrogen and oxygen atoms in total. The third kappa shape index (κ3) is 5.85. The van der Waals surface area contributed by atoms with Crippen LogP contribution in [0.4, 0.5) is 4.39 Å². The lowest BCUT2D eigenvalue weighted by atomic mass is 10.1. The van der Waals surface area contributed by atoms with Crippen LogP contribution >= 0.6 is 11.8 Å². The molecule has 1 aliphatic carbocycles. The summed E-state index contributed by atoms with van der Waals surface area (Å²) in [6.45, 7) is 3.53. The SMILES string of the molecule is O=C(NC1CC1)C(Sc1nnc(CN2CCCCC2)n1Cc1ccccc1)c1ccc(F)cc1. The quantitative estimate of drug-likeness (QED) is 0.456.